The first-order valence-electron chi connectivity index (χ1n) is 9.55. The first kappa shape index (κ1) is 21.2. The molecule has 3 rings (SSSR count). The van der Waals surface area contributed by atoms with E-state index in [1.807, 2.05) is 30.3 Å². The van der Waals surface area contributed by atoms with Gasteiger partial charge in [-0.2, -0.15) is 0 Å². The van der Waals surface area contributed by atoms with Crippen molar-refractivity contribution in [3.8, 4) is 11.5 Å². The number of methoxy groups -OCH3 is 1. The van der Waals surface area contributed by atoms with Crippen LogP contribution < -0.4 is 14.8 Å². The Kier molecular flexibility index (Phi) is 7.50. The summed E-state index contributed by atoms with van der Waals surface area (Å²) in [6.45, 7) is 3.91. The maximum atomic E-state index is 13.0. The molecule has 0 saturated carbocycles. The molecule has 3 nitrogen and oxygen atoms in total. The minimum Gasteiger partial charge on any atom is -0.493 e. The number of hydrogen-bond donors (Lipinski definition) is 1. The third-order valence-electron chi connectivity index (χ3n) is 4.76. The second-order valence-corrected chi connectivity index (χ2v) is 7.28. The van der Waals surface area contributed by atoms with E-state index in [0.717, 1.165) is 29.7 Å². The molecular weight excluding hydrogens is 389 g/mol. The van der Waals surface area contributed by atoms with E-state index in [2.05, 4.69) is 18.3 Å². The lowest BCUT2D eigenvalue weighted by Gasteiger charge is -2.15. The van der Waals surface area contributed by atoms with Crippen molar-refractivity contribution in [3.05, 3.63) is 93.8 Å². The smallest absolute Gasteiger partial charge is 0.180 e. The molecule has 0 atom stereocenters. The molecule has 0 saturated heterocycles. The standard InChI is InChI=1S/C24H25ClFNO2/c1-17-5-3-4-6-20(17)16-29-24-22(25)13-19(14-23(24)28-2)15-27-12-11-18-7-9-21(26)10-8-18/h3-10,13-14,27H,11-12,15-16H2,1-2H3. The SMILES string of the molecule is COc1cc(CNCCc2ccc(F)cc2)cc(Cl)c1OCc1ccccc1C. The van der Waals surface area contributed by atoms with Gasteiger partial charge < -0.3 is 14.8 Å². The van der Waals surface area contributed by atoms with E-state index in [9.17, 15) is 4.39 Å². The Labute approximate surface area is 176 Å². The molecule has 152 valence electrons. The van der Waals surface area contributed by atoms with Crippen molar-refractivity contribution < 1.29 is 13.9 Å². The lowest BCUT2D eigenvalue weighted by atomic mass is 10.1. The lowest BCUT2D eigenvalue weighted by Crippen LogP contribution is -2.16. The predicted octanol–water partition coefficient (Wildman–Crippen LogP) is 5.71. The summed E-state index contributed by atoms with van der Waals surface area (Å²) >= 11 is 6.47. The van der Waals surface area contributed by atoms with Crippen LogP contribution in [0.5, 0.6) is 11.5 Å². The Morgan fingerprint density at radius 2 is 1.76 bits per heavy atom. The highest BCUT2D eigenvalue weighted by molar-refractivity contribution is 6.32. The summed E-state index contributed by atoms with van der Waals surface area (Å²) in [5.74, 6) is 0.946. The highest BCUT2D eigenvalue weighted by Crippen LogP contribution is 2.37. The number of aryl methyl sites for hydroxylation is 1. The van der Waals surface area contributed by atoms with Crippen LogP contribution in [0, 0.1) is 12.7 Å². The minimum absolute atomic E-state index is 0.215. The molecule has 0 bridgehead atoms. The van der Waals surface area contributed by atoms with Crippen molar-refractivity contribution >= 4 is 11.6 Å². The van der Waals surface area contributed by atoms with Gasteiger partial charge in [-0.3, -0.25) is 0 Å². The van der Waals surface area contributed by atoms with Crippen molar-refractivity contribution in [1.82, 2.24) is 5.32 Å². The Balaban J connectivity index is 1.58. The fourth-order valence-corrected chi connectivity index (χ4v) is 3.34. The number of hydrogen-bond acceptors (Lipinski definition) is 3. The maximum Gasteiger partial charge on any atom is 0.180 e. The number of rotatable bonds is 9. The van der Waals surface area contributed by atoms with E-state index in [0.29, 0.717) is 29.7 Å². The zero-order chi connectivity index (χ0) is 20.6. The topological polar surface area (TPSA) is 30.5 Å². The summed E-state index contributed by atoms with van der Waals surface area (Å²) in [5, 5.41) is 3.90. The van der Waals surface area contributed by atoms with Gasteiger partial charge in [0.1, 0.15) is 12.4 Å². The van der Waals surface area contributed by atoms with Gasteiger partial charge in [-0.05, 0) is 66.4 Å². The van der Waals surface area contributed by atoms with Gasteiger partial charge in [0.15, 0.2) is 11.5 Å². The molecule has 29 heavy (non-hydrogen) atoms. The Morgan fingerprint density at radius 1 is 1.00 bits per heavy atom. The molecule has 0 aromatic heterocycles. The van der Waals surface area contributed by atoms with E-state index < -0.39 is 0 Å². The molecule has 0 heterocycles. The summed E-state index contributed by atoms with van der Waals surface area (Å²) in [6, 6.07) is 18.5. The van der Waals surface area contributed by atoms with Crippen molar-refractivity contribution in [2.24, 2.45) is 0 Å². The Hall–Kier alpha value is -2.56. The Bertz CT molecular complexity index is 944. The summed E-state index contributed by atoms with van der Waals surface area (Å²) in [4.78, 5) is 0. The highest BCUT2D eigenvalue weighted by Gasteiger charge is 2.13. The first-order chi connectivity index (χ1) is 14.1. The summed E-state index contributed by atoms with van der Waals surface area (Å²) < 4.78 is 24.4. The van der Waals surface area contributed by atoms with Gasteiger partial charge in [0.05, 0.1) is 12.1 Å². The van der Waals surface area contributed by atoms with Gasteiger partial charge in [-0.25, -0.2) is 4.39 Å². The fourth-order valence-electron chi connectivity index (χ4n) is 3.05. The van der Waals surface area contributed by atoms with Crippen LogP contribution in [0.25, 0.3) is 0 Å². The van der Waals surface area contributed by atoms with Crippen molar-refractivity contribution in [2.75, 3.05) is 13.7 Å². The molecule has 0 spiro atoms. The van der Waals surface area contributed by atoms with Gasteiger partial charge in [0, 0.05) is 6.54 Å². The first-order valence-corrected chi connectivity index (χ1v) is 9.93. The summed E-state index contributed by atoms with van der Waals surface area (Å²) in [5.41, 5.74) is 4.38. The molecular formula is C24H25ClFNO2. The van der Waals surface area contributed by atoms with E-state index >= 15 is 0 Å². The van der Waals surface area contributed by atoms with E-state index in [1.165, 1.54) is 17.7 Å². The fraction of sp³-hybridized carbons (Fsp3) is 0.250. The molecule has 0 unspecified atom stereocenters. The minimum atomic E-state index is -0.215. The molecule has 0 aliphatic carbocycles. The van der Waals surface area contributed by atoms with Gasteiger partial charge in [-0.1, -0.05) is 48.0 Å². The number of ether oxygens (including phenoxy) is 2. The van der Waals surface area contributed by atoms with Crippen LogP contribution in [-0.4, -0.2) is 13.7 Å². The molecule has 3 aromatic rings. The largest absolute Gasteiger partial charge is 0.493 e. The molecule has 1 N–H and O–H groups in total. The van der Waals surface area contributed by atoms with Crippen LogP contribution in [0.1, 0.15) is 22.3 Å². The second kappa shape index (κ2) is 10.3. The normalized spacial score (nSPS) is 10.8. The third kappa shape index (κ3) is 5.96. The highest BCUT2D eigenvalue weighted by atomic mass is 35.5. The zero-order valence-electron chi connectivity index (χ0n) is 16.7. The van der Waals surface area contributed by atoms with Crippen LogP contribution in [0.3, 0.4) is 0 Å². The van der Waals surface area contributed by atoms with Crippen LogP contribution in [0.2, 0.25) is 5.02 Å². The van der Waals surface area contributed by atoms with Crippen molar-refractivity contribution in [2.45, 2.75) is 26.5 Å². The average Bonchev–Trinajstić information content (AvgIpc) is 2.72. The Morgan fingerprint density at radius 3 is 2.48 bits per heavy atom. The van der Waals surface area contributed by atoms with Crippen molar-refractivity contribution in [1.29, 1.82) is 0 Å². The second-order valence-electron chi connectivity index (χ2n) is 6.88. The number of nitrogens with one attached hydrogen (secondary N) is 1. The maximum absolute atomic E-state index is 13.0. The van der Waals surface area contributed by atoms with Gasteiger partial charge in [0.25, 0.3) is 0 Å². The number of halogens is 2. The summed E-state index contributed by atoms with van der Waals surface area (Å²) in [6.07, 6.45) is 0.822. The average molecular weight is 414 g/mol. The van der Waals surface area contributed by atoms with Crippen LogP contribution >= 0.6 is 11.6 Å². The van der Waals surface area contributed by atoms with Gasteiger partial charge >= 0.3 is 0 Å². The zero-order valence-corrected chi connectivity index (χ0v) is 17.4. The van der Waals surface area contributed by atoms with Crippen LogP contribution in [0.4, 0.5) is 4.39 Å². The molecule has 0 aliphatic heterocycles. The molecule has 0 fully saturated rings. The van der Waals surface area contributed by atoms with Crippen LogP contribution in [0.15, 0.2) is 60.7 Å². The van der Waals surface area contributed by atoms with E-state index in [1.54, 1.807) is 19.2 Å². The monoisotopic (exact) mass is 413 g/mol. The molecule has 0 aliphatic rings. The van der Waals surface area contributed by atoms with E-state index in [4.69, 9.17) is 21.1 Å². The van der Waals surface area contributed by atoms with Gasteiger partial charge in [0.2, 0.25) is 0 Å². The van der Waals surface area contributed by atoms with Gasteiger partial charge in [-0.15, -0.1) is 0 Å². The van der Waals surface area contributed by atoms with E-state index in [-0.39, 0.29) is 5.82 Å². The van der Waals surface area contributed by atoms with Crippen molar-refractivity contribution in [3.63, 3.8) is 0 Å². The molecule has 3 aromatic carbocycles. The predicted molar refractivity (Wildman–Crippen MR) is 115 cm³/mol. The van der Waals surface area contributed by atoms with Crippen LogP contribution in [-0.2, 0) is 19.6 Å². The molecule has 0 radical (unpaired) electrons. The summed E-state index contributed by atoms with van der Waals surface area (Å²) in [7, 11) is 1.61. The quantitative estimate of drug-likeness (QED) is 0.456. The number of benzene rings is 3. The third-order valence-corrected chi connectivity index (χ3v) is 5.04. The molecule has 0 amide bonds. The lowest BCUT2D eigenvalue weighted by molar-refractivity contribution is 0.284. The molecule has 5 heteroatoms.